The normalized spacial score (nSPS) is 21.2. The van der Waals surface area contributed by atoms with Crippen LogP contribution in [0.3, 0.4) is 0 Å². The number of hydrogen-bond acceptors (Lipinski definition) is 3. The molecule has 1 saturated heterocycles. The van der Waals surface area contributed by atoms with Gasteiger partial charge in [-0.2, -0.15) is 0 Å². The third-order valence-electron chi connectivity index (χ3n) is 3.51. The fourth-order valence-electron chi connectivity index (χ4n) is 2.66. The van der Waals surface area contributed by atoms with Gasteiger partial charge in [0.25, 0.3) is 0 Å². The fraction of sp³-hybridized carbons (Fsp3) is 0.533. The summed E-state index contributed by atoms with van der Waals surface area (Å²) in [7, 11) is 4.07. The van der Waals surface area contributed by atoms with Crippen LogP contribution < -0.4 is 5.32 Å². The Morgan fingerprint density at radius 1 is 1.37 bits per heavy atom. The molecule has 4 nitrogen and oxygen atoms in total. The first-order chi connectivity index (χ1) is 8.99. The third-order valence-corrected chi connectivity index (χ3v) is 3.51. The summed E-state index contributed by atoms with van der Waals surface area (Å²) in [6.45, 7) is 5.47. The van der Waals surface area contributed by atoms with Crippen molar-refractivity contribution in [3.63, 3.8) is 0 Å². The maximum absolute atomic E-state index is 12.1. The number of nitrogens with one attached hydrogen (secondary N) is 1. The van der Waals surface area contributed by atoms with Crippen LogP contribution >= 0.6 is 0 Å². The minimum Gasteiger partial charge on any atom is -0.318 e. The van der Waals surface area contributed by atoms with Crippen LogP contribution in [0.2, 0.25) is 0 Å². The number of nitrogens with zero attached hydrogens (tertiary/aromatic N) is 2. The first-order valence-corrected chi connectivity index (χ1v) is 6.75. The highest BCUT2D eigenvalue weighted by Crippen LogP contribution is 2.25. The quantitative estimate of drug-likeness (QED) is 0.889. The lowest BCUT2D eigenvalue weighted by atomic mass is 10.1. The van der Waals surface area contributed by atoms with Gasteiger partial charge in [-0.25, -0.2) is 0 Å². The zero-order valence-corrected chi connectivity index (χ0v) is 12.2. The van der Waals surface area contributed by atoms with Crippen molar-refractivity contribution >= 4 is 5.91 Å². The van der Waals surface area contributed by atoms with Crippen LogP contribution in [-0.2, 0) is 4.79 Å². The van der Waals surface area contributed by atoms with Crippen LogP contribution in [0.1, 0.15) is 24.2 Å². The summed E-state index contributed by atoms with van der Waals surface area (Å²) < 4.78 is 0. The molecule has 19 heavy (non-hydrogen) atoms. The molecular formula is C15H23N3O. The number of carbonyl (C=O) groups is 1. The Morgan fingerprint density at radius 2 is 2.00 bits per heavy atom. The largest absolute Gasteiger partial charge is 0.318 e. The van der Waals surface area contributed by atoms with Crippen LogP contribution in [-0.4, -0.2) is 48.9 Å². The molecular weight excluding hydrogens is 238 g/mol. The van der Waals surface area contributed by atoms with Crippen LogP contribution in [0.4, 0.5) is 0 Å². The average molecular weight is 261 g/mol. The van der Waals surface area contributed by atoms with Crippen molar-refractivity contribution in [2.24, 2.45) is 0 Å². The SMILES string of the molecule is Cc1ccc(C2NCC(=O)N2C(C)CN(C)C)cc1. The second kappa shape index (κ2) is 5.72. The van der Waals surface area contributed by atoms with Crippen molar-refractivity contribution in [3.05, 3.63) is 35.4 Å². The predicted molar refractivity (Wildman–Crippen MR) is 76.8 cm³/mol. The van der Waals surface area contributed by atoms with E-state index in [0.717, 1.165) is 12.1 Å². The minimum atomic E-state index is 0.00282. The van der Waals surface area contributed by atoms with Crippen molar-refractivity contribution in [2.45, 2.75) is 26.1 Å². The van der Waals surface area contributed by atoms with Gasteiger partial charge in [0.15, 0.2) is 0 Å². The molecule has 0 aromatic heterocycles. The van der Waals surface area contributed by atoms with E-state index < -0.39 is 0 Å². The Bertz CT molecular complexity index is 441. The van der Waals surface area contributed by atoms with Crippen molar-refractivity contribution in [3.8, 4) is 0 Å². The molecule has 1 aliphatic rings. The molecule has 1 aliphatic heterocycles. The van der Waals surface area contributed by atoms with Crippen molar-refractivity contribution < 1.29 is 4.79 Å². The van der Waals surface area contributed by atoms with Crippen molar-refractivity contribution in [1.82, 2.24) is 15.1 Å². The number of likely N-dealkylation sites (N-methyl/N-ethyl adjacent to an activating group) is 1. The maximum Gasteiger partial charge on any atom is 0.238 e. The number of carbonyl (C=O) groups excluding carboxylic acids is 1. The molecule has 0 spiro atoms. The number of amides is 1. The van der Waals surface area contributed by atoms with E-state index >= 15 is 0 Å². The fourth-order valence-corrected chi connectivity index (χ4v) is 2.66. The average Bonchev–Trinajstić information content (AvgIpc) is 2.71. The van der Waals surface area contributed by atoms with E-state index in [-0.39, 0.29) is 18.1 Å². The first kappa shape index (κ1) is 14.0. The maximum atomic E-state index is 12.1. The lowest BCUT2D eigenvalue weighted by Gasteiger charge is -2.32. The molecule has 1 heterocycles. The molecule has 1 fully saturated rings. The number of hydrogen-bond donors (Lipinski definition) is 1. The molecule has 2 atom stereocenters. The molecule has 1 N–H and O–H groups in total. The Kier molecular flexibility index (Phi) is 4.22. The highest BCUT2D eigenvalue weighted by molar-refractivity contribution is 5.81. The van der Waals surface area contributed by atoms with Crippen LogP contribution in [0, 0.1) is 6.92 Å². The summed E-state index contributed by atoms with van der Waals surface area (Å²) in [5, 5.41) is 3.30. The van der Waals surface area contributed by atoms with E-state index in [0.29, 0.717) is 6.54 Å². The number of aryl methyl sites for hydroxylation is 1. The van der Waals surface area contributed by atoms with Crippen LogP contribution in [0.15, 0.2) is 24.3 Å². The lowest BCUT2D eigenvalue weighted by Crippen LogP contribution is -2.43. The smallest absolute Gasteiger partial charge is 0.238 e. The number of rotatable bonds is 4. The van der Waals surface area contributed by atoms with Gasteiger partial charge in [0.2, 0.25) is 5.91 Å². The molecule has 1 aromatic rings. The Morgan fingerprint density at radius 3 is 2.58 bits per heavy atom. The summed E-state index contributed by atoms with van der Waals surface area (Å²) in [6.07, 6.45) is 0.00282. The summed E-state index contributed by atoms with van der Waals surface area (Å²) in [5.41, 5.74) is 2.39. The molecule has 1 amide bonds. The summed E-state index contributed by atoms with van der Waals surface area (Å²) in [5.74, 6) is 0.180. The summed E-state index contributed by atoms with van der Waals surface area (Å²) in [6, 6.07) is 8.58. The van der Waals surface area contributed by atoms with Gasteiger partial charge in [-0.05, 0) is 33.5 Å². The monoisotopic (exact) mass is 261 g/mol. The minimum absolute atomic E-state index is 0.00282. The third kappa shape index (κ3) is 3.14. The number of benzene rings is 1. The topological polar surface area (TPSA) is 35.6 Å². The summed E-state index contributed by atoms with van der Waals surface area (Å²) in [4.78, 5) is 16.2. The molecule has 0 saturated carbocycles. The predicted octanol–water partition coefficient (Wildman–Crippen LogP) is 1.38. The van der Waals surface area contributed by atoms with Gasteiger partial charge in [-0.3, -0.25) is 10.1 Å². The van der Waals surface area contributed by atoms with Gasteiger partial charge in [0.1, 0.15) is 6.17 Å². The standard InChI is InChI=1S/C15H23N3O/c1-11-5-7-13(8-6-11)15-16-9-14(19)18(15)12(2)10-17(3)4/h5-8,12,15-16H,9-10H2,1-4H3. The molecule has 0 aliphatic carbocycles. The van der Waals surface area contributed by atoms with E-state index in [1.807, 2.05) is 19.0 Å². The highest BCUT2D eigenvalue weighted by atomic mass is 16.2. The van der Waals surface area contributed by atoms with Gasteiger partial charge in [0.05, 0.1) is 6.54 Å². The van der Waals surface area contributed by atoms with Gasteiger partial charge < -0.3 is 9.80 Å². The Hall–Kier alpha value is -1.39. The summed E-state index contributed by atoms with van der Waals surface area (Å²) >= 11 is 0. The van der Waals surface area contributed by atoms with Gasteiger partial charge in [0, 0.05) is 12.6 Å². The van der Waals surface area contributed by atoms with Crippen molar-refractivity contribution in [2.75, 3.05) is 27.2 Å². The first-order valence-electron chi connectivity index (χ1n) is 6.75. The highest BCUT2D eigenvalue weighted by Gasteiger charge is 2.34. The molecule has 4 heteroatoms. The van der Waals surface area contributed by atoms with E-state index in [1.54, 1.807) is 0 Å². The zero-order valence-electron chi connectivity index (χ0n) is 12.2. The van der Waals surface area contributed by atoms with E-state index in [2.05, 4.69) is 48.3 Å². The van der Waals surface area contributed by atoms with E-state index in [1.165, 1.54) is 5.56 Å². The molecule has 0 bridgehead atoms. The van der Waals surface area contributed by atoms with E-state index in [4.69, 9.17) is 0 Å². The molecule has 1 aromatic carbocycles. The zero-order chi connectivity index (χ0) is 14.0. The van der Waals surface area contributed by atoms with Gasteiger partial charge in [-0.1, -0.05) is 29.8 Å². The van der Waals surface area contributed by atoms with Crippen LogP contribution in [0.25, 0.3) is 0 Å². The van der Waals surface area contributed by atoms with Gasteiger partial charge in [-0.15, -0.1) is 0 Å². The van der Waals surface area contributed by atoms with Crippen molar-refractivity contribution in [1.29, 1.82) is 0 Å². The Labute approximate surface area is 115 Å². The lowest BCUT2D eigenvalue weighted by molar-refractivity contribution is -0.130. The second-order valence-electron chi connectivity index (χ2n) is 5.61. The molecule has 2 rings (SSSR count). The molecule has 2 unspecified atom stereocenters. The molecule has 0 radical (unpaired) electrons. The molecule has 104 valence electrons. The van der Waals surface area contributed by atoms with E-state index in [9.17, 15) is 4.79 Å². The second-order valence-corrected chi connectivity index (χ2v) is 5.61. The van der Waals surface area contributed by atoms with Crippen LogP contribution in [0.5, 0.6) is 0 Å². The Balaban J connectivity index is 2.19. The van der Waals surface area contributed by atoms with Gasteiger partial charge >= 0.3 is 0 Å².